The van der Waals surface area contributed by atoms with Gasteiger partial charge in [0, 0.05) is 35.6 Å². The van der Waals surface area contributed by atoms with Crippen LogP contribution < -0.4 is 5.32 Å². The maximum Gasteiger partial charge on any atom is 0.305 e. The fourth-order valence-corrected chi connectivity index (χ4v) is 1.92. The Morgan fingerprint density at radius 1 is 1.32 bits per heavy atom. The first kappa shape index (κ1) is 13.1. The fraction of sp³-hybridized carbons (Fsp3) is 0.286. The normalized spacial score (nSPS) is 10.4. The monoisotopic (exact) mass is 260 g/mol. The minimum Gasteiger partial charge on any atom is -0.469 e. The lowest BCUT2D eigenvalue weighted by atomic mass is 10.1. The van der Waals surface area contributed by atoms with E-state index in [4.69, 9.17) is 0 Å². The van der Waals surface area contributed by atoms with Crippen molar-refractivity contribution in [1.29, 1.82) is 0 Å². The number of ether oxygens (including phenoxy) is 1. The molecule has 0 atom stereocenters. The Labute approximate surface area is 110 Å². The average Bonchev–Trinajstić information content (AvgIpc) is 2.91. The molecular formula is C14H16N2O3. The lowest BCUT2D eigenvalue weighted by Crippen LogP contribution is -2.25. The molecule has 2 rings (SSSR count). The quantitative estimate of drug-likeness (QED) is 0.636. The van der Waals surface area contributed by atoms with E-state index >= 15 is 0 Å². The number of aromatic amines is 1. The van der Waals surface area contributed by atoms with E-state index in [2.05, 4.69) is 15.0 Å². The highest BCUT2D eigenvalue weighted by atomic mass is 16.5. The van der Waals surface area contributed by atoms with E-state index < -0.39 is 0 Å². The van der Waals surface area contributed by atoms with E-state index in [1.54, 1.807) is 12.3 Å². The van der Waals surface area contributed by atoms with Crippen molar-refractivity contribution < 1.29 is 14.3 Å². The van der Waals surface area contributed by atoms with Crippen LogP contribution in [0, 0.1) is 0 Å². The molecule has 0 radical (unpaired) electrons. The third-order valence-electron chi connectivity index (χ3n) is 2.91. The van der Waals surface area contributed by atoms with Crippen molar-refractivity contribution >= 4 is 22.8 Å². The van der Waals surface area contributed by atoms with Gasteiger partial charge in [-0.05, 0) is 24.6 Å². The van der Waals surface area contributed by atoms with Crippen molar-refractivity contribution in [2.24, 2.45) is 0 Å². The van der Waals surface area contributed by atoms with E-state index in [1.165, 1.54) is 7.11 Å². The number of amides is 1. The van der Waals surface area contributed by atoms with Gasteiger partial charge in [-0.1, -0.05) is 6.07 Å². The standard InChI is InChI=1S/C14H16N2O3/c1-19-13(17)6-3-8-16-14(18)11-4-2-5-12-10(11)7-9-15-12/h2,4-5,7,9,15H,3,6,8H2,1H3,(H,16,18). The predicted molar refractivity (Wildman–Crippen MR) is 71.9 cm³/mol. The molecule has 0 spiro atoms. The highest BCUT2D eigenvalue weighted by Gasteiger charge is 2.09. The molecule has 100 valence electrons. The average molecular weight is 260 g/mol. The van der Waals surface area contributed by atoms with Crippen LogP contribution in [0.5, 0.6) is 0 Å². The summed E-state index contributed by atoms with van der Waals surface area (Å²) in [5.74, 6) is -0.392. The van der Waals surface area contributed by atoms with E-state index in [0.29, 0.717) is 24.9 Å². The van der Waals surface area contributed by atoms with Gasteiger partial charge in [0.25, 0.3) is 5.91 Å². The van der Waals surface area contributed by atoms with Gasteiger partial charge >= 0.3 is 5.97 Å². The number of carbonyl (C=O) groups is 2. The Morgan fingerprint density at radius 2 is 2.16 bits per heavy atom. The first-order chi connectivity index (χ1) is 9.22. The third kappa shape index (κ3) is 3.13. The molecule has 2 aromatic rings. The van der Waals surface area contributed by atoms with Crippen LogP contribution in [0.3, 0.4) is 0 Å². The molecule has 1 aromatic carbocycles. The summed E-state index contributed by atoms with van der Waals surface area (Å²) in [5.41, 5.74) is 1.57. The molecule has 0 aliphatic carbocycles. The Kier molecular flexibility index (Phi) is 4.18. The highest BCUT2D eigenvalue weighted by molar-refractivity contribution is 6.06. The van der Waals surface area contributed by atoms with Crippen LogP contribution in [0.2, 0.25) is 0 Å². The molecular weight excluding hydrogens is 244 g/mol. The summed E-state index contributed by atoms with van der Waals surface area (Å²) in [6.07, 6.45) is 2.69. The van der Waals surface area contributed by atoms with Crippen LogP contribution in [-0.4, -0.2) is 30.5 Å². The van der Waals surface area contributed by atoms with E-state index in [0.717, 1.165) is 10.9 Å². The zero-order valence-electron chi connectivity index (χ0n) is 10.7. The molecule has 0 saturated carbocycles. The number of aromatic nitrogens is 1. The summed E-state index contributed by atoms with van der Waals surface area (Å²) >= 11 is 0. The van der Waals surface area contributed by atoms with Crippen LogP contribution in [0.4, 0.5) is 0 Å². The molecule has 5 heteroatoms. The smallest absolute Gasteiger partial charge is 0.305 e. The zero-order chi connectivity index (χ0) is 13.7. The highest BCUT2D eigenvalue weighted by Crippen LogP contribution is 2.17. The van der Waals surface area contributed by atoms with Gasteiger partial charge in [-0.2, -0.15) is 0 Å². The summed E-state index contributed by atoms with van der Waals surface area (Å²) in [6, 6.07) is 7.41. The molecule has 0 fully saturated rings. The van der Waals surface area contributed by atoms with Crippen molar-refractivity contribution in [3.8, 4) is 0 Å². The van der Waals surface area contributed by atoms with Crippen molar-refractivity contribution in [1.82, 2.24) is 10.3 Å². The summed E-state index contributed by atoms with van der Waals surface area (Å²) in [6.45, 7) is 0.453. The molecule has 1 aromatic heterocycles. The lowest BCUT2D eigenvalue weighted by Gasteiger charge is -2.06. The van der Waals surface area contributed by atoms with Gasteiger partial charge in [0.1, 0.15) is 0 Å². The molecule has 19 heavy (non-hydrogen) atoms. The molecule has 5 nitrogen and oxygen atoms in total. The van der Waals surface area contributed by atoms with Gasteiger partial charge in [0.2, 0.25) is 0 Å². The number of H-pyrrole nitrogens is 1. The number of esters is 1. The second kappa shape index (κ2) is 6.04. The number of hydrogen-bond acceptors (Lipinski definition) is 3. The summed E-state index contributed by atoms with van der Waals surface area (Å²) < 4.78 is 4.53. The van der Waals surface area contributed by atoms with E-state index in [9.17, 15) is 9.59 Å². The second-order valence-corrected chi connectivity index (χ2v) is 4.18. The minimum absolute atomic E-state index is 0.130. The molecule has 1 heterocycles. The Bertz CT molecular complexity index is 589. The summed E-state index contributed by atoms with van der Waals surface area (Å²) in [5, 5.41) is 3.70. The van der Waals surface area contributed by atoms with Crippen LogP contribution in [0.1, 0.15) is 23.2 Å². The number of rotatable bonds is 5. The number of hydrogen-bond donors (Lipinski definition) is 2. The van der Waals surface area contributed by atoms with Gasteiger partial charge in [-0.25, -0.2) is 0 Å². The number of carbonyl (C=O) groups excluding carboxylic acids is 2. The van der Waals surface area contributed by atoms with E-state index in [1.807, 2.05) is 18.2 Å². The van der Waals surface area contributed by atoms with Gasteiger partial charge in [0.05, 0.1) is 7.11 Å². The molecule has 1 amide bonds. The Morgan fingerprint density at radius 3 is 2.95 bits per heavy atom. The molecule has 0 unspecified atom stereocenters. The SMILES string of the molecule is COC(=O)CCCNC(=O)c1cccc2[nH]ccc12. The van der Waals surface area contributed by atoms with Crippen molar-refractivity contribution in [3.05, 3.63) is 36.0 Å². The van der Waals surface area contributed by atoms with Crippen molar-refractivity contribution in [2.45, 2.75) is 12.8 Å². The summed E-state index contributed by atoms with van der Waals surface area (Å²) in [7, 11) is 1.35. The fourth-order valence-electron chi connectivity index (χ4n) is 1.92. The first-order valence-electron chi connectivity index (χ1n) is 6.13. The summed E-state index contributed by atoms with van der Waals surface area (Å²) in [4.78, 5) is 26.0. The van der Waals surface area contributed by atoms with Crippen LogP contribution in [-0.2, 0) is 9.53 Å². The maximum atomic E-state index is 12.0. The molecule has 0 bridgehead atoms. The van der Waals surface area contributed by atoms with Gasteiger partial charge < -0.3 is 15.0 Å². The van der Waals surface area contributed by atoms with Crippen LogP contribution >= 0.6 is 0 Å². The Balaban J connectivity index is 1.93. The van der Waals surface area contributed by atoms with E-state index in [-0.39, 0.29) is 11.9 Å². The van der Waals surface area contributed by atoms with Gasteiger partial charge in [-0.15, -0.1) is 0 Å². The molecule has 0 aliphatic rings. The first-order valence-corrected chi connectivity index (χ1v) is 6.13. The third-order valence-corrected chi connectivity index (χ3v) is 2.91. The van der Waals surface area contributed by atoms with Crippen LogP contribution in [0.15, 0.2) is 30.5 Å². The number of nitrogens with one attached hydrogen (secondary N) is 2. The minimum atomic E-state index is -0.262. The molecule has 0 saturated heterocycles. The maximum absolute atomic E-state index is 12.0. The second-order valence-electron chi connectivity index (χ2n) is 4.18. The topological polar surface area (TPSA) is 71.2 Å². The number of benzene rings is 1. The van der Waals surface area contributed by atoms with Crippen LogP contribution in [0.25, 0.3) is 10.9 Å². The number of fused-ring (bicyclic) bond motifs is 1. The lowest BCUT2D eigenvalue weighted by molar-refractivity contribution is -0.140. The van der Waals surface area contributed by atoms with Crippen molar-refractivity contribution in [3.63, 3.8) is 0 Å². The zero-order valence-corrected chi connectivity index (χ0v) is 10.7. The van der Waals surface area contributed by atoms with Gasteiger partial charge in [0.15, 0.2) is 0 Å². The largest absolute Gasteiger partial charge is 0.469 e. The predicted octanol–water partition coefficient (Wildman–Crippen LogP) is 1.85. The molecule has 0 aliphatic heterocycles. The van der Waals surface area contributed by atoms with Gasteiger partial charge in [-0.3, -0.25) is 9.59 Å². The van der Waals surface area contributed by atoms with Crippen molar-refractivity contribution in [2.75, 3.05) is 13.7 Å². The Hall–Kier alpha value is -2.30. The number of methoxy groups -OCH3 is 1. The molecule has 2 N–H and O–H groups in total.